The Morgan fingerprint density at radius 3 is 2.29 bits per heavy atom. The molecule has 0 saturated heterocycles. The summed E-state index contributed by atoms with van der Waals surface area (Å²) in [6.07, 6.45) is -3.36. The number of aromatic nitrogens is 2. The number of hydrogen-bond donors (Lipinski definition) is 0. The molecule has 6 heteroatoms. The summed E-state index contributed by atoms with van der Waals surface area (Å²) in [4.78, 5) is 3.69. The summed E-state index contributed by atoms with van der Waals surface area (Å²) < 4.78 is 44.1. The van der Waals surface area contributed by atoms with Gasteiger partial charge >= 0.3 is 6.18 Å². The summed E-state index contributed by atoms with van der Waals surface area (Å²) in [6.45, 7) is 6.22. The molecule has 0 aromatic carbocycles. The van der Waals surface area contributed by atoms with Crippen molar-refractivity contribution in [3.8, 4) is 0 Å². The lowest BCUT2D eigenvalue weighted by atomic mass is 9.96. The molecule has 0 bridgehead atoms. The van der Waals surface area contributed by atoms with Gasteiger partial charge in [-0.05, 0) is 0 Å². The molecule has 0 aliphatic heterocycles. The van der Waals surface area contributed by atoms with Gasteiger partial charge in [0.25, 0.3) is 0 Å². The third-order valence-electron chi connectivity index (χ3n) is 2.27. The van der Waals surface area contributed by atoms with Crippen LogP contribution in [0.15, 0.2) is 6.20 Å². The Morgan fingerprint density at radius 1 is 1.29 bits per heavy atom. The number of ether oxygens (including phenoxy) is 1. The summed E-state index contributed by atoms with van der Waals surface area (Å²) in [5, 5.41) is 0. The van der Waals surface area contributed by atoms with Gasteiger partial charge in [0.1, 0.15) is 5.82 Å². The Morgan fingerprint density at radius 2 is 1.88 bits per heavy atom. The van der Waals surface area contributed by atoms with Gasteiger partial charge < -0.3 is 9.30 Å². The van der Waals surface area contributed by atoms with Crippen LogP contribution in [-0.2, 0) is 22.9 Å². The van der Waals surface area contributed by atoms with E-state index in [1.807, 2.05) is 20.8 Å². The lowest BCUT2D eigenvalue weighted by Crippen LogP contribution is -2.20. The quantitative estimate of drug-likeness (QED) is 0.824. The molecule has 0 saturated carbocycles. The molecule has 0 amide bonds. The monoisotopic (exact) mass is 250 g/mol. The van der Waals surface area contributed by atoms with Gasteiger partial charge in [0.2, 0.25) is 0 Å². The van der Waals surface area contributed by atoms with Crippen molar-refractivity contribution in [2.75, 3.05) is 13.7 Å². The van der Waals surface area contributed by atoms with Crippen LogP contribution in [0.1, 0.15) is 32.3 Å². The Hall–Kier alpha value is -1.04. The first-order chi connectivity index (χ1) is 7.66. The Kier molecular flexibility index (Phi) is 3.86. The lowest BCUT2D eigenvalue weighted by molar-refractivity contribution is -0.141. The fourth-order valence-electron chi connectivity index (χ4n) is 1.51. The van der Waals surface area contributed by atoms with E-state index in [0.29, 0.717) is 19.0 Å². The van der Waals surface area contributed by atoms with Crippen LogP contribution in [0.2, 0.25) is 0 Å². The predicted molar refractivity (Wildman–Crippen MR) is 57.8 cm³/mol. The van der Waals surface area contributed by atoms with Crippen molar-refractivity contribution in [1.82, 2.24) is 9.55 Å². The zero-order valence-electron chi connectivity index (χ0n) is 10.4. The van der Waals surface area contributed by atoms with Gasteiger partial charge in [-0.15, -0.1) is 0 Å². The number of nitrogens with zero attached hydrogens (tertiary/aromatic N) is 2. The van der Waals surface area contributed by atoms with Gasteiger partial charge in [-0.25, -0.2) is 4.98 Å². The number of rotatable bonds is 3. The Labute approximate surface area is 98.6 Å². The van der Waals surface area contributed by atoms with E-state index >= 15 is 0 Å². The largest absolute Gasteiger partial charge is 0.434 e. The zero-order chi connectivity index (χ0) is 13.3. The van der Waals surface area contributed by atoms with Crippen LogP contribution in [0.5, 0.6) is 0 Å². The normalized spacial score (nSPS) is 13.1. The smallest absolute Gasteiger partial charge is 0.383 e. The highest BCUT2D eigenvalue weighted by Crippen LogP contribution is 2.31. The lowest BCUT2D eigenvalue weighted by Gasteiger charge is -2.19. The average molecular weight is 250 g/mol. The molecule has 0 atom stereocenters. The second-order valence-electron chi connectivity index (χ2n) is 4.88. The van der Waals surface area contributed by atoms with E-state index < -0.39 is 17.3 Å². The minimum atomic E-state index is -4.40. The van der Waals surface area contributed by atoms with Crippen molar-refractivity contribution < 1.29 is 17.9 Å². The summed E-state index contributed by atoms with van der Waals surface area (Å²) >= 11 is 0. The molecule has 1 aromatic heterocycles. The van der Waals surface area contributed by atoms with E-state index in [2.05, 4.69) is 4.98 Å². The van der Waals surface area contributed by atoms with Gasteiger partial charge in [0, 0.05) is 25.3 Å². The highest BCUT2D eigenvalue weighted by Gasteiger charge is 2.36. The van der Waals surface area contributed by atoms with Gasteiger partial charge in [0.05, 0.1) is 6.61 Å². The number of hydrogen-bond acceptors (Lipinski definition) is 2. The van der Waals surface area contributed by atoms with Gasteiger partial charge in [-0.2, -0.15) is 13.2 Å². The molecule has 1 rings (SSSR count). The second kappa shape index (κ2) is 4.68. The minimum Gasteiger partial charge on any atom is -0.383 e. The third-order valence-corrected chi connectivity index (χ3v) is 2.27. The Bertz CT molecular complexity index is 377. The summed E-state index contributed by atoms with van der Waals surface area (Å²) in [5.41, 5.74) is -1.28. The highest BCUT2D eigenvalue weighted by molar-refractivity contribution is 5.13. The van der Waals surface area contributed by atoms with Crippen LogP contribution in [0, 0.1) is 0 Å². The molecule has 0 N–H and O–H groups in total. The molecular formula is C11H17F3N2O. The van der Waals surface area contributed by atoms with Crippen molar-refractivity contribution in [2.24, 2.45) is 0 Å². The first-order valence-electron chi connectivity index (χ1n) is 5.30. The molecule has 3 nitrogen and oxygen atoms in total. The standard InChI is InChI=1S/C11H17F3N2O/c1-10(2,3)9-15-8(11(12,13)14)7-16(9)5-6-17-4/h7H,5-6H2,1-4H3. The highest BCUT2D eigenvalue weighted by atomic mass is 19.4. The van der Waals surface area contributed by atoms with Crippen LogP contribution < -0.4 is 0 Å². The molecule has 0 spiro atoms. The van der Waals surface area contributed by atoms with E-state index in [1.54, 1.807) is 0 Å². The number of alkyl halides is 3. The van der Waals surface area contributed by atoms with Crippen LogP contribution in [0.3, 0.4) is 0 Å². The molecule has 0 aliphatic carbocycles. The van der Waals surface area contributed by atoms with Gasteiger partial charge in [-0.3, -0.25) is 0 Å². The first kappa shape index (κ1) is 14.0. The van der Waals surface area contributed by atoms with E-state index in [4.69, 9.17) is 4.74 Å². The molecule has 0 unspecified atom stereocenters. The first-order valence-corrected chi connectivity index (χ1v) is 5.30. The molecular weight excluding hydrogens is 233 g/mol. The Balaban J connectivity index is 3.13. The van der Waals surface area contributed by atoms with Crippen molar-refractivity contribution >= 4 is 0 Å². The number of halogens is 3. The maximum atomic E-state index is 12.6. The maximum Gasteiger partial charge on any atom is 0.434 e. The van der Waals surface area contributed by atoms with Crippen molar-refractivity contribution in [3.63, 3.8) is 0 Å². The predicted octanol–water partition coefficient (Wildman–Crippen LogP) is 2.85. The topological polar surface area (TPSA) is 27.1 Å². The van der Waals surface area contributed by atoms with Crippen molar-refractivity contribution in [3.05, 3.63) is 17.7 Å². The van der Waals surface area contributed by atoms with Gasteiger partial charge in [-0.1, -0.05) is 20.8 Å². The summed E-state index contributed by atoms with van der Waals surface area (Å²) in [6, 6.07) is 0. The van der Waals surface area contributed by atoms with Crippen molar-refractivity contribution in [2.45, 2.75) is 38.9 Å². The molecule has 17 heavy (non-hydrogen) atoms. The maximum absolute atomic E-state index is 12.6. The fraction of sp³-hybridized carbons (Fsp3) is 0.727. The van der Waals surface area contributed by atoms with E-state index in [0.717, 1.165) is 6.20 Å². The number of imidazole rings is 1. The molecule has 98 valence electrons. The second-order valence-corrected chi connectivity index (χ2v) is 4.88. The van der Waals surface area contributed by atoms with Crippen LogP contribution in [0.4, 0.5) is 13.2 Å². The third kappa shape index (κ3) is 3.46. The minimum absolute atomic E-state index is 0.358. The fourth-order valence-corrected chi connectivity index (χ4v) is 1.51. The molecule has 1 heterocycles. The number of methoxy groups -OCH3 is 1. The van der Waals surface area contributed by atoms with Gasteiger partial charge in [0.15, 0.2) is 5.69 Å². The van der Waals surface area contributed by atoms with E-state index in [-0.39, 0.29) is 0 Å². The van der Waals surface area contributed by atoms with Crippen LogP contribution in [0.25, 0.3) is 0 Å². The SMILES string of the molecule is COCCn1cc(C(F)(F)F)nc1C(C)(C)C. The molecule has 1 aromatic rings. The van der Waals surface area contributed by atoms with Crippen LogP contribution >= 0.6 is 0 Å². The van der Waals surface area contributed by atoms with E-state index in [9.17, 15) is 13.2 Å². The summed E-state index contributed by atoms with van der Waals surface area (Å²) in [7, 11) is 1.51. The van der Waals surface area contributed by atoms with Crippen LogP contribution in [-0.4, -0.2) is 23.3 Å². The zero-order valence-corrected chi connectivity index (χ0v) is 10.4. The molecule has 0 fully saturated rings. The van der Waals surface area contributed by atoms with Crippen molar-refractivity contribution in [1.29, 1.82) is 0 Å². The molecule has 0 radical (unpaired) electrons. The van der Waals surface area contributed by atoms with E-state index in [1.165, 1.54) is 11.7 Å². The summed E-state index contributed by atoms with van der Waals surface area (Å²) in [5.74, 6) is 0.418. The average Bonchev–Trinajstić information content (AvgIpc) is 2.56. The molecule has 0 aliphatic rings.